The predicted molar refractivity (Wildman–Crippen MR) is 94.6 cm³/mol. The summed E-state index contributed by atoms with van der Waals surface area (Å²) in [6, 6.07) is 3.18. The van der Waals surface area contributed by atoms with Crippen LogP contribution in [0.3, 0.4) is 0 Å². The van der Waals surface area contributed by atoms with Crippen molar-refractivity contribution in [2.45, 2.75) is 52.7 Å². The molecule has 0 aliphatic heterocycles. The van der Waals surface area contributed by atoms with Gasteiger partial charge >= 0.3 is 12.2 Å². The van der Waals surface area contributed by atoms with Crippen LogP contribution in [0, 0.1) is 0 Å². The molecule has 1 aromatic rings. The zero-order chi connectivity index (χ0) is 18.0. The highest BCUT2D eigenvalue weighted by Gasteiger charge is 2.34. The SMILES string of the molecule is CC(C)(C)OC(=O)N(C(=O)OC(C)(C)C)c1ccc(Br)nc1Br. The molecule has 23 heavy (non-hydrogen) atoms. The molecule has 0 radical (unpaired) electrons. The number of ether oxygens (including phenoxy) is 2. The first-order valence-electron chi connectivity index (χ1n) is 6.88. The number of halogens is 2. The normalized spacial score (nSPS) is 11.8. The third-order valence-corrected chi connectivity index (χ3v) is 3.21. The zero-order valence-electron chi connectivity index (χ0n) is 13.9. The fraction of sp³-hybridized carbons (Fsp3) is 0.533. The Hall–Kier alpha value is -1.15. The van der Waals surface area contributed by atoms with Gasteiger partial charge in [0, 0.05) is 0 Å². The minimum Gasteiger partial charge on any atom is -0.443 e. The molecule has 0 N–H and O–H groups in total. The molecule has 0 aromatic carbocycles. The first kappa shape index (κ1) is 19.9. The molecule has 0 aliphatic rings. The number of pyridine rings is 1. The average molecular weight is 452 g/mol. The third kappa shape index (κ3) is 6.47. The molecule has 8 heteroatoms. The monoisotopic (exact) mass is 450 g/mol. The predicted octanol–water partition coefficient (Wildman–Crippen LogP) is 5.28. The molecular weight excluding hydrogens is 432 g/mol. The number of rotatable bonds is 1. The smallest absolute Gasteiger partial charge is 0.424 e. The Morgan fingerprint density at radius 2 is 1.39 bits per heavy atom. The van der Waals surface area contributed by atoms with Gasteiger partial charge in [0.05, 0.1) is 5.69 Å². The highest BCUT2D eigenvalue weighted by atomic mass is 79.9. The summed E-state index contributed by atoms with van der Waals surface area (Å²) in [5.41, 5.74) is -1.28. The maximum atomic E-state index is 12.5. The van der Waals surface area contributed by atoms with Gasteiger partial charge < -0.3 is 9.47 Å². The van der Waals surface area contributed by atoms with Gasteiger partial charge in [0.1, 0.15) is 20.4 Å². The van der Waals surface area contributed by atoms with Gasteiger partial charge in [-0.2, -0.15) is 4.90 Å². The molecule has 1 aromatic heterocycles. The van der Waals surface area contributed by atoms with E-state index in [1.54, 1.807) is 53.7 Å². The summed E-state index contributed by atoms with van der Waals surface area (Å²) in [4.78, 5) is 29.9. The van der Waals surface area contributed by atoms with E-state index in [0.29, 0.717) is 9.21 Å². The van der Waals surface area contributed by atoms with Gasteiger partial charge in [-0.05, 0) is 85.5 Å². The molecule has 0 fully saturated rings. The van der Waals surface area contributed by atoms with Gasteiger partial charge in [0.15, 0.2) is 0 Å². The van der Waals surface area contributed by atoms with Gasteiger partial charge in [0.25, 0.3) is 0 Å². The number of nitrogens with zero attached hydrogens (tertiary/aromatic N) is 2. The molecule has 0 unspecified atom stereocenters. The second-order valence-electron chi connectivity index (χ2n) is 6.74. The molecule has 0 spiro atoms. The fourth-order valence-electron chi connectivity index (χ4n) is 1.46. The van der Waals surface area contributed by atoms with E-state index in [0.717, 1.165) is 4.90 Å². The van der Waals surface area contributed by atoms with Crippen molar-refractivity contribution in [2.24, 2.45) is 0 Å². The molecule has 0 aliphatic carbocycles. The molecule has 6 nitrogen and oxygen atoms in total. The topological polar surface area (TPSA) is 68.7 Å². The Balaban J connectivity index is 3.25. The van der Waals surface area contributed by atoms with Gasteiger partial charge in [-0.25, -0.2) is 14.6 Å². The van der Waals surface area contributed by atoms with Gasteiger partial charge in [-0.3, -0.25) is 0 Å². The van der Waals surface area contributed by atoms with Gasteiger partial charge in [-0.15, -0.1) is 0 Å². The number of hydrogen-bond acceptors (Lipinski definition) is 5. The van der Waals surface area contributed by atoms with Crippen LogP contribution in [0.2, 0.25) is 0 Å². The molecule has 0 atom stereocenters. The van der Waals surface area contributed by atoms with Crippen molar-refractivity contribution < 1.29 is 19.1 Å². The summed E-state index contributed by atoms with van der Waals surface area (Å²) < 4.78 is 11.5. The first-order chi connectivity index (χ1) is 10.3. The lowest BCUT2D eigenvalue weighted by Crippen LogP contribution is -2.44. The summed E-state index contributed by atoms with van der Waals surface area (Å²) in [7, 11) is 0. The average Bonchev–Trinajstić information content (AvgIpc) is 2.27. The van der Waals surface area contributed by atoms with E-state index in [2.05, 4.69) is 36.8 Å². The maximum absolute atomic E-state index is 12.5. The van der Waals surface area contributed by atoms with Crippen LogP contribution in [0.5, 0.6) is 0 Å². The van der Waals surface area contributed by atoms with Crippen LogP contribution in [0.1, 0.15) is 41.5 Å². The van der Waals surface area contributed by atoms with E-state index in [9.17, 15) is 9.59 Å². The number of carbonyl (C=O) groups is 2. The van der Waals surface area contributed by atoms with E-state index in [1.165, 1.54) is 0 Å². The maximum Gasteiger partial charge on any atom is 0.424 e. The van der Waals surface area contributed by atoms with Crippen LogP contribution in [-0.2, 0) is 9.47 Å². The van der Waals surface area contributed by atoms with Crippen LogP contribution in [-0.4, -0.2) is 28.4 Å². The third-order valence-electron chi connectivity index (χ3n) is 2.19. The number of hydrogen-bond donors (Lipinski definition) is 0. The second-order valence-corrected chi connectivity index (χ2v) is 8.30. The molecule has 0 bridgehead atoms. The Morgan fingerprint density at radius 3 is 1.74 bits per heavy atom. The highest BCUT2D eigenvalue weighted by Crippen LogP contribution is 2.29. The minimum absolute atomic E-state index is 0.233. The molecule has 2 amide bonds. The number of imide groups is 1. The molecule has 1 heterocycles. The van der Waals surface area contributed by atoms with Gasteiger partial charge in [0.2, 0.25) is 0 Å². The van der Waals surface area contributed by atoms with Gasteiger partial charge in [-0.1, -0.05) is 0 Å². The Kier molecular flexibility index (Phi) is 6.20. The Bertz CT molecular complexity index is 578. The summed E-state index contributed by atoms with van der Waals surface area (Å²) >= 11 is 6.47. The van der Waals surface area contributed by atoms with E-state index < -0.39 is 23.4 Å². The van der Waals surface area contributed by atoms with E-state index in [1.807, 2.05) is 0 Å². The number of amides is 2. The van der Waals surface area contributed by atoms with Crippen molar-refractivity contribution in [1.29, 1.82) is 0 Å². The van der Waals surface area contributed by atoms with Crippen molar-refractivity contribution in [3.05, 3.63) is 21.3 Å². The molecule has 1 rings (SSSR count). The lowest BCUT2D eigenvalue weighted by molar-refractivity contribution is 0.0430. The molecule has 0 saturated carbocycles. The quantitative estimate of drug-likeness (QED) is 0.543. The molecule has 128 valence electrons. The van der Waals surface area contributed by atoms with Crippen molar-refractivity contribution in [3.8, 4) is 0 Å². The lowest BCUT2D eigenvalue weighted by atomic mass is 10.2. The summed E-state index contributed by atoms with van der Waals surface area (Å²) in [6.07, 6.45) is -1.67. The highest BCUT2D eigenvalue weighted by molar-refractivity contribution is 9.11. The second kappa shape index (κ2) is 7.17. The summed E-state index contributed by atoms with van der Waals surface area (Å²) in [6.45, 7) is 10.3. The Morgan fingerprint density at radius 1 is 0.957 bits per heavy atom. The van der Waals surface area contributed by atoms with E-state index in [4.69, 9.17) is 9.47 Å². The molecule has 0 saturated heterocycles. The lowest BCUT2D eigenvalue weighted by Gasteiger charge is -2.28. The van der Waals surface area contributed by atoms with E-state index in [-0.39, 0.29) is 5.69 Å². The number of aromatic nitrogens is 1. The largest absolute Gasteiger partial charge is 0.443 e. The van der Waals surface area contributed by atoms with E-state index >= 15 is 0 Å². The molecular formula is C15H20Br2N2O4. The van der Waals surface area contributed by atoms with Crippen molar-refractivity contribution in [2.75, 3.05) is 4.90 Å². The van der Waals surface area contributed by atoms with Crippen LogP contribution >= 0.6 is 31.9 Å². The standard InChI is InChI=1S/C15H20Br2N2O4/c1-14(2,3)22-12(20)19(13(21)23-15(4,5)6)9-7-8-10(16)18-11(9)17/h7-8H,1-6H3. The van der Waals surface area contributed by atoms with Crippen molar-refractivity contribution in [3.63, 3.8) is 0 Å². The minimum atomic E-state index is -0.837. The number of carbonyl (C=O) groups excluding carboxylic acids is 2. The zero-order valence-corrected chi connectivity index (χ0v) is 17.1. The summed E-state index contributed by atoms with van der Waals surface area (Å²) in [5, 5.41) is 0. The van der Waals surface area contributed by atoms with Crippen molar-refractivity contribution >= 4 is 49.7 Å². The van der Waals surface area contributed by atoms with Crippen LogP contribution in [0.25, 0.3) is 0 Å². The number of anilines is 1. The van der Waals surface area contributed by atoms with Crippen LogP contribution < -0.4 is 4.90 Å². The van der Waals surface area contributed by atoms with Crippen LogP contribution in [0.15, 0.2) is 21.3 Å². The van der Waals surface area contributed by atoms with Crippen molar-refractivity contribution in [1.82, 2.24) is 4.98 Å². The van der Waals surface area contributed by atoms with Crippen LogP contribution in [0.4, 0.5) is 15.3 Å². The summed E-state index contributed by atoms with van der Waals surface area (Å²) in [5.74, 6) is 0. The Labute approximate surface area is 152 Å². The first-order valence-corrected chi connectivity index (χ1v) is 8.47. The fourth-order valence-corrected chi connectivity index (χ4v) is 2.51.